The maximum Gasteiger partial charge on any atom is 0.220 e. The van der Waals surface area contributed by atoms with E-state index in [-0.39, 0.29) is 29.2 Å². The number of amides is 1. The molecule has 2 N–H and O–H groups in total. The third-order valence-electron chi connectivity index (χ3n) is 6.85. The van der Waals surface area contributed by atoms with Gasteiger partial charge in [0.1, 0.15) is 5.75 Å². The number of carbonyl (C=O) groups excluding carboxylic acids is 1. The Morgan fingerprint density at radius 2 is 1.97 bits per heavy atom. The molecule has 0 aromatic heterocycles. The molecular formula is C25H31ClN2O3. The highest BCUT2D eigenvalue weighted by molar-refractivity contribution is 6.30. The Balaban J connectivity index is 1.58. The van der Waals surface area contributed by atoms with Gasteiger partial charge >= 0.3 is 0 Å². The number of piperidine rings is 1. The fraction of sp³-hybridized carbons (Fsp3) is 0.480. The Labute approximate surface area is 189 Å². The number of rotatable bonds is 6. The van der Waals surface area contributed by atoms with E-state index in [1.165, 1.54) is 11.1 Å². The smallest absolute Gasteiger partial charge is 0.220 e. The first-order valence-electron chi connectivity index (χ1n) is 11.2. The molecule has 31 heavy (non-hydrogen) atoms. The fourth-order valence-corrected chi connectivity index (χ4v) is 5.50. The molecule has 0 saturated carbocycles. The molecule has 6 heteroatoms. The first-order valence-corrected chi connectivity index (χ1v) is 11.6. The number of aromatic hydroxyl groups is 1. The average Bonchev–Trinajstić information content (AvgIpc) is 3.02. The quantitative estimate of drug-likeness (QED) is 0.688. The van der Waals surface area contributed by atoms with Crippen molar-refractivity contribution in [3.8, 4) is 5.75 Å². The van der Waals surface area contributed by atoms with E-state index in [2.05, 4.69) is 28.4 Å². The van der Waals surface area contributed by atoms with Crippen LogP contribution >= 0.6 is 11.6 Å². The lowest BCUT2D eigenvalue weighted by Gasteiger charge is -2.44. The lowest BCUT2D eigenvalue weighted by molar-refractivity contribution is -0.123. The van der Waals surface area contributed by atoms with Crippen LogP contribution in [0.2, 0.25) is 5.02 Å². The Kier molecular flexibility index (Phi) is 6.56. The number of phenolic OH excluding ortho intramolecular Hbond substituents is 1. The first kappa shape index (κ1) is 22.1. The predicted octanol–water partition coefficient (Wildman–Crippen LogP) is 4.57. The number of nitrogens with zero attached hydrogens (tertiary/aromatic N) is 1. The maximum absolute atomic E-state index is 12.3. The van der Waals surface area contributed by atoms with Crippen LogP contribution in [-0.4, -0.2) is 41.7 Å². The molecule has 0 unspecified atom stereocenters. The monoisotopic (exact) mass is 442 g/mol. The van der Waals surface area contributed by atoms with E-state index in [0.29, 0.717) is 24.6 Å². The minimum absolute atomic E-state index is 0.0513. The predicted molar refractivity (Wildman–Crippen MR) is 122 cm³/mol. The fourth-order valence-electron chi connectivity index (χ4n) is 5.31. The summed E-state index contributed by atoms with van der Waals surface area (Å²) >= 11 is 6.13. The van der Waals surface area contributed by atoms with Crippen LogP contribution in [0, 0.1) is 0 Å². The van der Waals surface area contributed by atoms with Crippen LogP contribution in [0.15, 0.2) is 42.5 Å². The van der Waals surface area contributed by atoms with Gasteiger partial charge in [0, 0.05) is 35.6 Å². The number of benzene rings is 2. The highest BCUT2D eigenvalue weighted by Crippen LogP contribution is 2.52. The van der Waals surface area contributed by atoms with Crippen molar-refractivity contribution in [3.05, 3.63) is 64.2 Å². The highest BCUT2D eigenvalue weighted by atomic mass is 35.5. The number of hydrogen-bond acceptors (Lipinski definition) is 4. The molecule has 1 aliphatic carbocycles. The van der Waals surface area contributed by atoms with Crippen molar-refractivity contribution in [2.24, 2.45) is 0 Å². The Bertz CT molecular complexity index is 940. The molecule has 2 aromatic carbocycles. The molecule has 1 spiro atoms. The summed E-state index contributed by atoms with van der Waals surface area (Å²) in [5, 5.41) is 14.1. The van der Waals surface area contributed by atoms with Crippen molar-refractivity contribution >= 4 is 17.5 Å². The number of halogens is 1. The summed E-state index contributed by atoms with van der Waals surface area (Å²) in [4.78, 5) is 14.7. The first-order chi connectivity index (χ1) is 15.0. The van der Waals surface area contributed by atoms with Crippen LogP contribution in [0.5, 0.6) is 5.75 Å². The zero-order chi connectivity index (χ0) is 22.0. The van der Waals surface area contributed by atoms with Crippen molar-refractivity contribution in [1.29, 1.82) is 0 Å². The van der Waals surface area contributed by atoms with E-state index in [9.17, 15) is 9.90 Å². The van der Waals surface area contributed by atoms with Gasteiger partial charge in [0.2, 0.25) is 5.91 Å². The van der Waals surface area contributed by atoms with E-state index < -0.39 is 0 Å². The normalized spacial score (nSPS) is 22.4. The van der Waals surface area contributed by atoms with Crippen molar-refractivity contribution in [3.63, 3.8) is 0 Å². The van der Waals surface area contributed by atoms with E-state index >= 15 is 0 Å². The van der Waals surface area contributed by atoms with Crippen LogP contribution in [0.4, 0.5) is 0 Å². The molecule has 166 valence electrons. The molecule has 2 aromatic rings. The number of likely N-dealkylation sites (tertiary alicyclic amines) is 1. The second kappa shape index (κ2) is 9.19. The summed E-state index contributed by atoms with van der Waals surface area (Å²) in [7, 11) is 0. The van der Waals surface area contributed by atoms with E-state index in [4.69, 9.17) is 16.3 Å². The number of nitrogens with one attached hydrogen (secondary N) is 1. The summed E-state index contributed by atoms with van der Waals surface area (Å²) in [6.07, 6.45) is 2.26. The van der Waals surface area contributed by atoms with Gasteiger partial charge in [0.25, 0.3) is 0 Å². The molecule has 4 rings (SSSR count). The topological polar surface area (TPSA) is 61.8 Å². The minimum Gasteiger partial charge on any atom is -0.508 e. The standard InChI is InChI=1S/C25H31ClN2O3/c1-3-22(30)27-23-19-7-5-6-8-20(19)25(24(23)31-4-2)11-13-28(14-12-25)16-17-15-18(26)9-10-21(17)29/h5-10,15,23-24,29H,3-4,11-14,16H2,1-2H3,(H,27,30)/t23-,24+/m0/s1. The summed E-state index contributed by atoms with van der Waals surface area (Å²) < 4.78 is 6.33. The van der Waals surface area contributed by atoms with Gasteiger partial charge < -0.3 is 15.2 Å². The molecule has 2 atom stereocenters. The number of ether oxygens (including phenoxy) is 1. The van der Waals surface area contributed by atoms with Gasteiger partial charge in [-0.05, 0) is 62.2 Å². The van der Waals surface area contributed by atoms with Crippen LogP contribution in [-0.2, 0) is 21.5 Å². The molecule has 5 nitrogen and oxygen atoms in total. The van der Waals surface area contributed by atoms with Gasteiger partial charge in [-0.25, -0.2) is 0 Å². The highest BCUT2D eigenvalue weighted by Gasteiger charge is 2.54. The van der Waals surface area contributed by atoms with E-state index in [0.717, 1.165) is 31.5 Å². The molecule has 1 amide bonds. The Morgan fingerprint density at radius 3 is 2.68 bits per heavy atom. The summed E-state index contributed by atoms with van der Waals surface area (Å²) in [5.74, 6) is 0.334. The molecular weight excluding hydrogens is 412 g/mol. The van der Waals surface area contributed by atoms with Crippen molar-refractivity contribution in [1.82, 2.24) is 10.2 Å². The second-order valence-corrected chi connectivity index (χ2v) is 9.00. The molecule has 1 aliphatic heterocycles. The van der Waals surface area contributed by atoms with Gasteiger partial charge in [0.05, 0.1) is 12.1 Å². The summed E-state index contributed by atoms with van der Waals surface area (Å²) in [5.41, 5.74) is 3.22. The van der Waals surface area contributed by atoms with E-state index in [1.807, 2.05) is 26.0 Å². The van der Waals surface area contributed by atoms with Crippen LogP contribution < -0.4 is 5.32 Å². The van der Waals surface area contributed by atoms with E-state index in [1.54, 1.807) is 12.1 Å². The van der Waals surface area contributed by atoms with Crippen LogP contribution in [0.3, 0.4) is 0 Å². The second-order valence-electron chi connectivity index (χ2n) is 8.57. The van der Waals surface area contributed by atoms with Gasteiger partial charge in [-0.1, -0.05) is 42.8 Å². The number of carbonyl (C=O) groups is 1. The third kappa shape index (κ3) is 4.19. The zero-order valence-electron chi connectivity index (χ0n) is 18.2. The number of hydrogen-bond donors (Lipinski definition) is 2. The molecule has 1 heterocycles. The third-order valence-corrected chi connectivity index (χ3v) is 7.08. The largest absolute Gasteiger partial charge is 0.508 e. The molecule has 2 aliphatic rings. The van der Waals surface area contributed by atoms with Gasteiger partial charge in [-0.2, -0.15) is 0 Å². The SMILES string of the molecule is CCO[C@@H]1[C@@H](NC(=O)CC)c2ccccc2C12CCN(Cc1cc(Cl)ccc1O)CC2. The lowest BCUT2D eigenvalue weighted by Crippen LogP contribution is -2.50. The van der Waals surface area contributed by atoms with Gasteiger partial charge in [0.15, 0.2) is 0 Å². The lowest BCUT2D eigenvalue weighted by atomic mass is 9.71. The van der Waals surface area contributed by atoms with Gasteiger partial charge in [-0.15, -0.1) is 0 Å². The number of fused-ring (bicyclic) bond motifs is 2. The van der Waals surface area contributed by atoms with Crippen LogP contribution in [0.1, 0.15) is 55.8 Å². The Morgan fingerprint density at radius 1 is 1.23 bits per heavy atom. The minimum atomic E-state index is -0.120. The summed E-state index contributed by atoms with van der Waals surface area (Å²) in [6.45, 7) is 6.95. The van der Waals surface area contributed by atoms with Crippen molar-refractivity contribution < 1.29 is 14.6 Å². The molecule has 1 fully saturated rings. The zero-order valence-corrected chi connectivity index (χ0v) is 19.0. The summed E-state index contributed by atoms with van der Waals surface area (Å²) in [6, 6.07) is 13.6. The number of phenols is 1. The molecule has 0 radical (unpaired) electrons. The van der Waals surface area contributed by atoms with Gasteiger partial charge in [-0.3, -0.25) is 9.69 Å². The maximum atomic E-state index is 12.3. The van der Waals surface area contributed by atoms with Crippen molar-refractivity contribution in [2.45, 2.75) is 57.2 Å². The average molecular weight is 443 g/mol. The molecule has 1 saturated heterocycles. The van der Waals surface area contributed by atoms with Crippen LogP contribution in [0.25, 0.3) is 0 Å². The van der Waals surface area contributed by atoms with Crippen molar-refractivity contribution in [2.75, 3.05) is 19.7 Å². The molecule has 0 bridgehead atoms. The Hall–Kier alpha value is -2.08.